The van der Waals surface area contributed by atoms with Gasteiger partial charge in [0.25, 0.3) is 0 Å². The topological polar surface area (TPSA) is 90.4 Å². The molecule has 1 aromatic carbocycles. The van der Waals surface area contributed by atoms with Crippen molar-refractivity contribution in [3.63, 3.8) is 0 Å². The lowest BCUT2D eigenvalue weighted by atomic mass is 9.66. The minimum atomic E-state index is -1.16. The Hall–Kier alpha value is -2.97. The van der Waals surface area contributed by atoms with E-state index < -0.39 is 35.1 Å². The van der Waals surface area contributed by atoms with Crippen molar-refractivity contribution in [2.75, 3.05) is 24.6 Å². The van der Waals surface area contributed by atoms with E-state index in [1.54, 1.807) is 26.9 Å². The number of amides is 3. The molecule has 2 bridgehead atoms. The van der Waals surface area contributed by atoms with E-state index in [0.717, 1.165) is 24.9 Å². The molecule has 0 aliphatic carbocycles. The summed E-state index contributed by atoms with van der Waals surface area (Å²) in [6, 6.07) is 7.80. The molecule has 3 heterocycles. The van der Waals surface area contributed by atoms with Crippen molar-refractivity contribution in [2.45, 2.75) is 96.1 Å². The molecule has 3 fully saturated rings. The van der Waals surface area contributed by atoms with Crippen molar-refractivity contribution in [3.8, 4) is 0 Å². The summed E-state index contributed by atoms with van der Waals surface area (Å²) in [4.78, 5) is 49.0. The van der Waals surface area contributed by atoms with Crippen LogP contribution >= 0.6 is 0 Å². The molecule has 0 aromatic heterocycles. The minimum absolute atomic E-state index is 0.0612. The first-order chi connectivity index (χ1) is 20.1. The molecule has 0 radical (unpaired) electrons. The maximum atomic E-state index is 14.7. The van der Waals surface area contributed by atoms with Crippen LogP contribution in [-0.2, 0) is 19.1 Å². The molecule has 3 aliphatic rings. The average Bonchev–Trinajstić information content (AvgIpc) is 3.55. The number of aliphatic hydroxyl groups excluding tert-OH is 1. The van der Waals surface area contributed by atoms with Crippen LogP contribution in [0.4, 0.5) is 5.69 Å². The molecule has 1 aromatic rings. The van der Waals surface area contributed by atoms with E-state index in [0.29, 0.717) is 19.4 Å². The van der Waals surface area contributed by atoms with Crippen LogP contribution in [0.5, 0.6) is 0 Å². The lowest BCUT2D eigenvalue weighted by molar-refractivity contribution is -0.157. The molecular weight excluding hydrogens is 530 g/mol. The van der Waals surface area contributed by atoms with E-state index >= 15 is 0 Å². The zero-order valence-electron chi connectivity index (χ0n) is 26.0. The Labute approximate surface area is 251 Å². The summed E-state index contributed by atoms with van der Waals surface area (Å²) in [5.41, 5.74) is -1.35. The smallest absolute Gasteiger partial charge is 0.248 e. The predicted molar refractivity (Wildman–Crippen MR) is 165 cm³/mol. The number of carbonyl (C=O) groups excluding carboxylic acids is 3. The second-order valence-electron chi connectivity index (χ2n) is 12.6. The van der Waals surface area contributed by atoms with Gasteiger partial charge in [0.2, 0.25) is 17.7 Å². The molecule has 8 nitrogen and oxygen atoms in total. The van der Waals surface area contributed by atoms with Crippen LogP contribution in [-0.4, -0.2) is 81.7 Å². The number of carbonyl (C=O) groups is 3. The molecule has 42 heavy (non-hydrogen) atoms. The van der Waals surface area contributed by atoms with Gasteiger partial charge in [0.15, 0.2) is 0 Å². The van der Waals surface area contributed by atoms with Crippen molar-refractivity contribution in [2.24, 2.45) is 17.8 Å². The number of para-hydroxylation sites is 1. The van der Waals surface area contributed by atoms with Crippen molar-refractivity contribution in [1.82, 2.24) is 9.80 Å². The number of ether oxygens (including phenoxy) is 1. The highest BCUT2D eigenvalue weighted by Crippen LogP contribution is 2.64. The van der Waals surface area contributed by atoms with Crippen molar-refractivity contribution in [1.29, 1.82) is 0 Å². The first kappa shape index (κ1) is 32.0. The highest BCUT2D eigenvalue weighted by molar-refractivity contribution is 6.03. The molecule has 4 rings (SSSR count). The number of aliphatic hydroxyl groups is 1. The number of hydrogen-bond acceptors (Lipinski definition) is 5. The summed E-state index contributed by atoms with van der Waals surface area (Å²) in [6.07, 6.45) is 6.87. The number of hydrogen-bond donors (Lipinski definition) is 1. The Bertz CT molecular complexity index is 1170. The fourth-order valence-electron chi connectivity index (χ4n) is 7.78. The highest BCUT2D eigenvalue weighted by atomic mass is 16.5. The normalized spacial score (nSPS) is 30.0. The van der Waals surface area contributed by atoms with E-state index in [9.17, 15) is 19.5 Å². The van der Waals surface area contributed by atoms with Gasteiger partial charge in [-0.05, 0) is 51.2 Å². The molecule has 0 saturated carbocycles. The SMILES string of the molecule is C=CCN(C(=O)[C@H]1[C@H]2C(=O)N([C@@H](CO)[C@@H](C)CC)C(C(=O)N(CC=C)C(C)CCC)C23CC[C@]1(C)O3)c1ccccc1. The van der Waals surface area contributed by atoms with Gasteiger partial charge in [0, 0.05) is 24.8 Å². The number of likely N-dealkylation sites (tertiary alicyclic amines) is 1. The van der Waals surface area contributed by atoms with Gasteiger partial charge in [-0.2, -0.15) is 0 Å². The summed E-state index contributed by atoms with van der Waals surface area (Å²) < 4.78 is 6.89. The summed E-state index contributed by atoms with van der Waals surface area (Å²) in [5, 5.41) is 10.6. The van der Waals surface area contributed by atoms with Crippen LogP contribution in [0.3, 0.4) is 0 Å². The molecule has 8 heteroatoms. The van der Waals surface area contributed by atoms with Crippen LogP contribution in [0, 0.1) is 17.8 Å². The maximum absolute atomic E-state index is 14.7. The van der Waals surface area contributed by atoms with Gasteiger partial charge in [-0.1, -0.05) is 64.0 Å². The van der Waals surface area contributed by atoms with Gasteiger partial charge < -0.3 is 24.5 Å². The predicted octanol–water partition coefficient (Wildman–Crippen LogP) is 4.58. The molecular formula is C34H49N3O5. The number of benzene rings is 1. The van der Waals surface area contributed by atoms with E-state index in [1.165, 1.54) is 0 Å². The monoisotopic (exact) mass is 579 g/mol. The van der Waals surface area contributed by atoms with Crippen molar-refractivity contribution in [3.05, 3.63) is 55.6 Å². The van der Waals surface area contributed by atoms with Crippen LogP contribution in [0.25, 0.3) is 0 Å². The van der Waals surface area contributed by atoms with Gasteiger partial charge in [0.1, 0.15) is 11.6 Å². The third-order valence-corrected chi connectivity index (χ3v) is 10.1. The van der Waals surface area contributed by atoms with Gasteiger partial charge in [-0.15, -0.1) is 13.2 Å². The van der Waals surface area contributed by atoms with Gasteiger partial charge in [-0.3, -0.25) is 14.4 Å². The van der Waals surface area contributed by atoms with E-state index in [1.807, 2.05) is 58.0 Å². The first-order valence-corrected chi connectivity index (χ1v) is 15.6. The fraction of sp³-hybridized carbons (Fsp3) is 0.618. The first-order valence-electron chi connectivity index (χ1n) is 15.6. The zero-order chi connectivity index (χ0) is 30.8. The quantitative estimate of drug-likeness (QED) is 0.326. The summed E-state index contributed by atoms with van der Waals surface area (Å²) >= 11 is 0. The van der Waals surface area contributed by atoms with Crippen LogP contribution < -0.4 is 4.90 Å². The molecule has 8 atom stereocenters. The van der Waals surface area contributed by atoms with Crippen LogP contribution in [0.1, 0.15) is 66.7 Å². The third-order valence-electron chi connectivity index (χ3n) is 10.1. The number of nitrogens with zero attached hydrogens (tertiary/aromatic N) is 3. The standard InChI is InChI=1S/C34H49N3O5/c1-8-15-24(6)35(20-9-2)32(41)29-34-19-18-33(7,42-34)27(28(34)31(40)37(29)26(22-38)23(5)11-4)30(39)36(21-10-3)25-16-13-12-14-17-25/h9-10,12-14,16-17,23-24,26-29,38H,2-3,8,11,15,18-22H2,1,4-7H3/t23-,24?,26-,27+,28-,29?,33-,34?/m0/s1. The van der Waals surface area contributed by atoms with E-state index in [-0.39, 0.29) is 42.8 Å². The fourth-order valence-corrected chi connectivity index (χ4v) is 7.78. The highest BCUT2D eigenvalue weighted by Gasteiger charge is 2.79. The molecule has 1 spiro atoms. The lowest BCUT2D eigenvalue weighted by Gasteiger charge is -2.42. The summed E-state index contributed by atoms with van der Waals surface area (Å²) in [7, 11) is 0. The van der Waals surface area contributed by atoms with Crippen LogP contribution in [0.2, 0.25) is 0 Å². The number of rotatable bonds is 14. The summed E-state index contributed by atoms with van der Waals surface area (Å²) in [6.45, 7) is 18.1. The maximum Gasteiger partial charge on any atom is 0.248 e. The Morgan fingerprint density at radius 2 is 1.79 bits per heavy atom. The summed E-state index contributed by atoms with van der Waals surface area (Å²) in [5.74, 6) is -2.35. The Balaban J connectivity index is 1.86. The van der Waals surface area contributed by atoms with Crippen LogP contribution in [0.15, 0.2) is 55.6 Å². The van der Waals surface area contributed by atoms with Gasteiger partial charge in [-0.25, -0.2) is 0 Å². The Kier molecular flexibility index (Phi) is 9.68. The molecule has 230 valence electrons. The Morgan fingerprint density at radius 1 is 1.12 bits per heavy atom. The minimum Gasteiger partial charge on any atom is -0.394 e. The zero-order valence-corrected chi connectivity index (χ0v) is 26.0. The molecule has 3 unspecified atom stereocenters. The number of anilines is 1. The van der Waals surface area contributed by atoms with Gasteiger partial charge in [0.05, 0.1) is 30.1 Å². The third kappa shape index (κ3) is 5.11. The van der Waals surface area contributed by atoms with E-state index in [2.05, 4.69) is 20.1 Å². The Morgan fingerprint density at radius 3 is 2.36 bits per heavy atom. The molecule has 3 saturated heterocycles. The second kappa shape index (κ2) is 12.7. The molecule has 1 N–H and O–H groups in total. The van der Waals surface area contributed by atoms with Crippen molar-refractivity contribution < 1.29 is 24.2 Å². The lowest BCUT2D eigenvalue weighted by Crippen LogP contribution is -2.61. The van der Waals surface area contributed by atoms with E-state index in [4.69, 9.17) is 4.74 Å². The second-order valence-corrected chi connectivity index (χ2v) is 12.6. The van der Waals surface area contributed by atoms with Crippen molar-refractivity contribution >= 4 is 23.4 Å². The van der Waals surface area contributed by atoms with Gasteiger partial charge >= 0.3 is 0 Å². The number of fused-ring (bicyclic) bond motifs is 1. The molecule has 3 amide bonds. The largest absolute Gasteiger partial charge is 0.394 e. The average molecular weight is 580 g/mol. The molecule has 3 aliphatic heterocycles.